The maximum absolute atomic E-state index is 13.5. The fourth-order valence-electron chi connectivity index (χ4n) is 6.67. The van der Waals surface area contributed by atoms with Gasteiger partial charge in [-0.05, 0) is 67.7 Å². The molecule has 7 rings (SSSR count). The summed E-state index contributed by atoms with van der Waals surface area (Å²) in [7, 11) is 0. The van der Waals surface area contributed by atoms with E-state index in [1.54, 1.807) is 0 Å². The number of carbonyl (C=O) groups is 1. The molecule has 40 heavy (non-hydrogen) atoms. The molecule has 2 saturated heterocycles. The summed E-state index contributed by atoms with van der Waals surface area (Å²) in [4.78, 5) is 35.1. The van der Waals surface area contributed by atoms with E-state index < -0.39 is 0 Å². The number of carbonyl (C=O) groups excluding carboxylic acids is 1. The van der Waals surface area contributed by atoms with Gasteiger partial charge in [-0.25, -0.2) is 9.97 Å². The minimum absolute atomic E-state index is 0.0890. The van der Waals surface area contributed by atoms with Crippen molar-refractivity contribution in [3.63, 3.8) is 0 Å². The van der Waals surface area contributed by atoms with Gasteiger partial charge in [0.1, 0.15) is 5.82 Å². The first-order valence-corrected chi connectivity index (χ1v) is 15.1. The topological polar surface area (TPSA) is 95.9 Å². The van der Waals surface area contributed by atoms with E-state index >= 15 is 0 Å². The average molecular weight is 538 g/mol. The lowest BCUT2D eigenvalue weighted by atomic mass is 9.80. The maximum Gasteiger partial charge on any atom is 0.250 e. The molecule has 3 fully saturated rings. The smallest absolute Gasteiger partial charge is 0.250 e. The van der Waals surface area contributed by atoms with Gasteiger partial charge >= 0.3 is 0 Å². The van der Waals surface area contributed by atoms with Crippen LogP contribution in [-0.4, -0.2) is 63.0 Å². The second-order valence-electron chi connectivity index (χ2n) is 12.7. The Labute approximate surface area is 236 Å². The molecule has 208 valence electrons. The van der Waals surface area contributed by atoms with Crippen molar-refractivity contribution in [1.82, 2.24) is 30.2 Å². The highest BCUT2D eigenvalue weighted by atomic mass is 16.2. The zero-order valence-corrected chi connectivity index (χ0v) is 23.7. The fourth-order valence-corrected chi connectivity index (χ4v) is 6.67. The van der Waals surface area contributed by atoms with Crippen molar-refractivity contribution in [2.75, 3.05) is 31.5 Å². The van der Waals surface area contributed by atoms with Crippen LogP contribution in [0.3, 0.4) is 0 Å². The van der Waals surface area contributed by atoms with Gasteiger partial charge in [-0.3, -0.25) is 14.8 Å². The lowest BCUT2D eigenvalue weighted by Gasteiger charge is -2.40. The zero-order valence-electron chi connectivity index (χ0n) is 23.7. The molecule has 0 aromatic carbocycles. The van der Waals surface area contributed by atoms with Gasteiger partial charge in [-0.2, -0.15) is 0 Å². The van der Waals surface area contributed by atoms with Gasteiger partial charge in [-0.15, -0.1) is 0 Å². The van der Waals surface area contributed by atoms with Crippen LogP contribution in [0.15, 0.2) is 30.2 Å². The van der Waals surface area contributed by atoms with E-state index in [-0.39, 0.29) is 11.3 Å². The number of fused-ring (bicyclic) bond motifs is 2. The van der Waals surface area contributed by atoms with E-state index in [2.05, 4.69) is 34.4 Å². The molecule has 3 aromatic heterocycles. The second-order valence-corrected chi connectivity index (χ2v) is 12.7. The molecule has 2 aliphatic heterocycles. The number of aromatic nitrogens is 4. The Morgan fingerprint density at radius 3 is 2.67 bits per heavy atom. The molecule has 0 spiro atoms. The van der Waals surface area contributed by atoms with Gasteiger partial charge in [0.05, 0.1) is 17.4 Å². The van der Waals surface area contributed by atoms with Crippen molar-refractivity contribution < 1.29 is 4.79 Å². The SMILES string of the molecule is CC1(C)CNCC[C@@H]1Nc1nc(-c2ccnc3c2C=C(C(=O)N2CCCCCC2)C3)nc2cncc(C3CC3)c12. The molecule has 0 radical (unpaired) electrons. The first-order valence-electron chi connectivity index (χ1n) is 15.1. The largest absolute Gasteiger partial charge is 0.366 e. The van der Waals surface area contributed by atoms with Gasteiger partial charge in [0.25, 0.3) is 0 Å². The standard InChI is InChI=1S/C32H39N7O/c1-32(2)19-33-11-10-27(32)37-30-28-24(20-7-8-20)17-34-18-26(28)36-29(38-30)22-9-12-35-25-16-21(15-23(22)25)31(40)39-13-5-3-4-6-14-39/h9,12,15,17-18,20,27,33H,3-8,10-11,13-14,16,19H2,1-2H3,(H,36,37,38)/t27-/m0/s1. The third kappa shape index (κ3) is 4.76. The van der Waals surface area contributed by atoms with Crippen LogP contribution in [0.25, 0.3) is 28.4 Å². The number of likely N-dealkylation sites (tertiary alicyclic amines) is 1. The molecule has 0 unspecified atom stereocenters. The summed E-state index contributed by atoms with van der Waals surface area (Å²) in [5, 5.41) is 8.53. The number of hydrogen-bond acceptors (Lipinski definition) is 7. The summed E-state index contributed by atoms with van der Waals surface area (Å²) in [6, 6.07) is 2.28. The average Bonchev–Trinajstić information content (AvgIpc) is 3.76. The molecule has 2 N–H and O–H groups in total. The van der Waals surface area contributed by atoms with Gasteiger partial charge < -0.3 is 15.5 Å². The molecule has 8 nitrogen and oxygen atoms in total. The summed E-state index contributed by atoms with van der Waals surface area (Å²) < 4.78 is 0. The highest BCUT2D eigenvalue weighted by Gasteiger charge is 2.34. The fraction of sp³-hybridized carbons (Fsp3) is 0.531. The molecular weight excluding hydrogens is 498 g/mol. The number of pyridine rings is 2. The maximum atomic E-state index is 13.5. The van der Waals surface area contributed by atoms with Crippen LogP contribution in [-0.2, 0) is 11.2 Å². The Morgan fingerprint density at radius 1 is 1.07 bits per heavy atom. The summed E-state index contributed by atoms with van der Waals surface area (Å²) in [6.45, 7) is 8.28. The quantitative estimate of drug-likeness (QED) is 0.467. The summed E-state index contributed by atoms with van der Waals surface area (Å²) in [5.41, 5.74) is 5.87. The van der Waals surface area contributed by atoms with Crippen LogP contribution in [0.1, 0.15) is 81.5 Å². The van der Waals surface area contributed by atoms with Gasteiger partial charge in [0.15, 0.2) is 5.82 Å². The first-order chi connectivity index (χ1) is 19.5. The molecule has 1 amide bonds. The predicted octanol–water partition coefficient (Wildman–Crippen LogP) is 5.11. The number of rotatable bonds is 5. The van der Waals surface area contributed by atoms with Crippen LogP contribution in [0.2, 0.25) is 0 Å². The van der Waals surface area contributed by atoms with E-state index in [0.29, 0.717) is 24.2 Å². The van der Waals surface area contributed by atoms with E-state index in [1.807, 2.05) is 35.6 Å². The van der Waals surface area contributed by atoms with Crippen LogP contribution in [0.5, 0.6) is 0 Å². The Kier molecular flexibility index (Phi) is 6.53. The Balaban J connectivity index is 1.30. The predicted molar refractivity (Wildman–Crippen MR) is 158 cm³/mol. The highest BCUT2D eigenvalue weighted by molar-refractivity contribution is 6.02. The van der Waals surface area contributed by atoms with Crippen LogP contribution in [0.4, 0.5) is 5.82 Å². The second kappa shape index (κ2) is 10.2. The van der Waals surface area contributed by atoms with Crippen molar-refractivity contribution in [3.8, 4) is 11.4 Å². The number of piperidine rings is 1. The molecule has 1 saturated carbocycles. The van der Waals surface area contributed by atoms with E-state index in [0.717, 1.165) is 84.6 Å². The van der Waals surface area contributed by atoms with E-state index in [9.17, 15) is 4.79 Å². The monoisotopic (exact) mass is 537 g/mol. The third-order valence-electron chi connectivity index (χ3n) is 9.26. The van der Waals surface area contributed by atoms with E-state index in [1.165, 1.54) is 31.2 Å². The normalized spacial score (nSPS) is 22.5. The van der Waals surface area contributed by atoms with Gasteiger partial charge in [0, 0.05) is 66.6 Å². The zero-order chi connectivity index (χ0) is 27.3. The van der Waals surface area contributed by atoms with E-state index in [4.69, 9.17) is 9.97 Å². The Hall–Kier alpha value is -3.39. The summed E-state index contributed by atoms with van der Waals surface area (Å²) >= 11 is 0. The van der Waals surface area contributed by atoms with Crippen molar-refractivity contribution in [1.29, 1.82) is 0 Å². The lowest BCUT2D eigenvalue weighted by Crippen LogP contribution is -2.49. The van der Waals surface area contributed by atoms with Crippen molar-refractivity contribution in [2.45, 2.75) is 77.2 Å². The number of nitrogens with zero attached hydrogens (tertiary/aromatic N) is 5. The minimum Gasteiger partial charge on any atom is -0.366 e. The lowest BCUT2D eigenvalue weighted by molar-refractivity contribution is -0.127. The Bertz CT molecular complexity index is 1480. The number of anilines is 1. The minimum atomic E-state index is 0.0890. The molecule has 5 heterocycles. The summed E-state index contributed by atoms with van der Waals surface area (Å²) in [6.07, 6.45) is 16.3. The molecule has 3 aromatic rings. The molecule has 1 atom stereocenters. The number of amides is 1. The van der Waals surface area contributed by atoms with Crippen molar-refractivity contribution >= 4 is 28.7 Å². The van der Waals surface area contributed by atoms with Gasteiger partial charge in [0.2, 0.25) is 5.91 Å². The third-order valence-corrected chi connectivity index (χ3v) is 9.26. The molecular formula is C32H39N7O. The van der Waals surface area contributed by atoms with Crippen LogP contribution < -0.4 is 10.6 Å². The van der Waals surface area contributed by atoms with Crippen molar-refractivity contribution in [3.05, 3.63) is 47.1 Å². The highest BCUT2D eigenvalue weighted by Crippen LogP contribution is 2.45. The molecule has 4 aliphatic rings. The van der Waals surface area contributed by atoms with Gasteiger partial charge in [-0.1, -0.05) is 26.7 Å². The van der Waals surface area contributed by atoms with Crippen molar-refractivity contribution in [2.24, 2.45) is 5.41 Å². The van der Waals surface area contributed by atoms with Crippen LogP contribution >= 0.6 is 0 Å². The molecule has 8 heteroatoms. The summed E-state index contributed by atoms with van der Waals surface area (Å²) in [5.74, 6) is 2.25. The van der Waals surface area contributed by atoms with Crippen LogP contribution in [0, 0.1) is 5.41 Å². The number of nitrogens with one attached hydrogen (secondary N) is 2. The number of hydrogen-bond donors (Lipinski definition) is 2. The first kappa shape index (κ1) is 25.6. The Morgan fingerprint density at radius 2 is 1.90 bits per heavy atom. The molecule has 2 aliphatic carbocycles. The molecule has 0 bridgehead atoms.